The van der Waals surface area contributed by atoms with Crippen molar-refractivity contribution in [3.8, 4) is 11.5 Å². The van der Waals surface area contributed by atoms with E-state index >= 15 is 0 Å². The maximum atomic E-state index is 13.1. The second-order valence-electron chi connectivity index (χ2n) is 8.41. The predicted octanol–water partition coefficient (Wildman–Crippen LogP) is 3.29. The molecule has 182 valence electrons. The Morgan fingerprint density at radius 1 is 1.09 bits per heavy atom. The maximum Gasteiger partial charge on any atom is 0.277 e. The van der Waals surface area contributed by atoms with Gasteiger partial charge in [-0.05, 0) is 18.2 Å². The average Bonchev–Trinajstić information content (AvgIpc) is 3.26. The predicted molar refractivity (Wildman–Crippen MR) is 136 cm³/mol. The number of aryl methyl sites for hydroxylation is 1. The number of hydrogen-bond donors (Lipinski definition) is 1. The number of aromatic nitrogens is 3. The van der Waals surface area contributed by atoms with Crippen molar-refractivity contribution >= 4 is 45.1 Å². The number of carbonyl (C=O) groups excluding carboxylic acids is 1. The van der Waals surface area contributed by atoms with Gasteiger partial charge in [-0.3, -0.25) is 14.2 Å². The minimum absolute atomic E-state index is 0.0157. The van der Waals surface area contributed by atoms with E-state index in [0.717, 1.165) is 16.6 Å². The first-order valence-electron chi connectivity index (χ1n) is 11.4. The summed E-state index contributed by atoms with van der Waals surface area (Å²) in [7, 11) is 3.12. The second-order valence-corrected chi connectivity index (χ2v) is 8.82. The summed E-state index contributed by atoms with van der Waals surface area (Å²) in [5.41, 5.74) is 2.44. The van der Waals surface area contributed by atoms with Gasteiger partial charge in [0.05, 0.1) is 36.8 Å². The fourth-order valence-corrected chi connectivity index (χ4v) is 4.81. The third kappa shape index (κ3) is 4.27. The molecule has 0 saturated carbocycles. The van der Waals surface area contributed by atoms with Crippen molar-refractivity contribution in [3.63, 3.8) is 0 Å². The third-order valence-electron chi connectivity index (χ3n) is 6.47. The van der Waals surface area contributed by atoms with Crippen LogP contribution in [0.1, 0.15) is 6.42 Å². The van der Waals surface area contributed by atoms with Gasteiger partial charge in [0.2, 0.25) is 5.91 Å². The highest BCUT2D eigenvalue weighted by Gasteiger charge is 2.22. The number of carbonyl (C=O) groups is 1. The zero-order valence-corrected chi connectivity index (χ0v) is 20.3. The molecule has 1 saturated heterocycles. The molecule has 1 aliphatic rings. The lowest BCUT2D eigenvalue weighted by atomic mass is 10.2. The smallest absolute Gasteiger partial charge is 0.277 e. The number of rotatable bonds is 6. The molecule has 10 heteroatoms. The minimum atomic E-state index is -0.222. The molecule has 1 N–H and O–H groups in total. The van der Waals surface area contributed by atoms with Crippen LogP contribution in [0.3, 0.4) is 0 Å². The van der Waals surface area contributed by atoms with Crippen LogP contribution in [0.25, 0.3) is 21.9 Å². The maximum absolute atomic E-state index is 13.1. The van der Waals surface area contributed by atoms with E-state index < -0.39 is 0 Å². The number of benzene rings is 2. The number of anilines is 1. The summed E-state index contributed by atoms with van der Waals surface area (Å²) < 4.78 is 12.2. The Bertz CT molecular complexity index is 1460. The van der Waals surface area contributed by atoms with E-state index in [0.29, 0.717) is 53.7 Å². The van der Waals surface area contributed by atoms with Gasteiger partial charge in [-0.1, -0.05) is 23.7 Å². The van der Waals surface area contributed by atoms with Gasteiger partial charge in [-0.25, -0.2) is 4.98 Å². The van der Waals surface area contributed by atoms with Crippen molar-refractivity contribution in [2.45, 2.75) is 13.0 Å². The van der Waals surface area contributed by atoms with Crippen molar-refractivity contribution in [3.05, 3.63) is 58.1 Å². The van der Waals surface area contributed by atoms with Crippen molar-refractivity contribution in [1.82, 2.24) is 19.4 Å². The van der Waals surface area contributed by atoms with Crippen LogP contribution in [0, 0.1) is 0 Å². The molecule has 2 aromatic carbocycles. The summed E-state index contributed by atoms with van der Waals surface area (Å²) in [5, 5.41) is 1.48. The number of para-hydroxylation sites is 1. The van der Waals surface area contributed by atoms with E-state index in [1.54, 1.807) is 26.4 Å². The van der Waals surface area contributed by atoms with Crippen LogP contribution in [0.4, 0.5) is 5.69 Å². The number of methoxy groups -OCH3 is 2. The Balaban J connectivity index is 1.28. The highest BCUT2D eigenvalue weighted by atomic mass is 35.5. The molecule has 2 aromatic heterocycles. The summed E-state index contributed by atoms with van der Waals surface area (Å²) in [6.07, 6.45) is 1.72. The SMILES string of the molecule is COc1cc2[nH]c3c(=O)n(CCC(=O)N4CCN(c5ccccc5Cl)CC4)cnc3c2cc1OC. The van der Waals surface area contributed by atoms with Gasteiger partial charge in [-0.2, -0.15) is 0 Å². The normalized spacial score (nSPS) is 14.0. The number of nitrogens with zero attached hydrogens (tertiary/aromatic N) is 4. The molecule has 0 bridgehead atoms. The van der Waals surface area contributed by atoms with E-state index in [1.807, 2.05) is 29.2 Å². The van der Waals surface area contributed by atoms with Crippen molar-refractivity contribution in [2.24, 2.45) is 0 Å². The molecule has 0 radical (unpaired) electrons. The first-order chi connectivity index (χ1) is 17.0. The molecule has 1 fully saturated rings. The molecule has 35 heavy (non-hydrogen) atoms. The number of fused-ring (bicyclic) bond motifs is 3. The fraction of sp³-hybridized carbons (Fsp3) is 0.320. The zero-order chi connectivity index (χ0) is 24.5. The minimum Gasteiger partial charge on any atom is -0.493 e. The van der Waals surface area contributed by atoms with Crippen LogP contribution >= 0.6 is 11.6 Å². The Morgan fingerprint density at radius 3 is 2.51 bits per heavy atom. The van der Waals surface area contributed by atoms with E-state index in [-0.39, 0.29) is 24.4 Å². The molecule has 1 amide bonds. The fourth-order valence-electron chi connectivity index (χ4n) is 4.56. The number of piperazine rings is 1. The van der Waals surface area contributed by atoms with Crippen LogP contribution in [0.2, 0.25) is 5.02 Å². The molecule has 0 unspecified atom stereocenters. The van der Waals surface area contributed by atoms with E-state index in [9.17, 15) is 9.59 Å². The average molecular weight is 496 g/mol. The van der Waals surface area contributed by atoms with Gasteiger partial charge >= 0.3 is 0 Å². The van der Waals surface area contributed by atoms with Crippen LogP contribution in [-0.2, 0) is 11.3 Å². The molecule has 0 atom stereocenters. The van der Waals surface area contributed by atoms with Crippen molar-refractivity contribution in [2.75, 3.05) is 45.3 Å². The largest absolute Gasteiger partial charge is 0.493 e. The summed E-state index contributed by atoms with van der Waals surface area (Å²) in [6.45, 7) is 2.91. The first kappa shape index (κ1) is 23.0. The van der Waals surface area contributed by atoms with Crippen LogP contribution in [-0.4, -0.2) is 65.7 Å². The van der Waals surface area contributed by atoms with Gasteiger partial charge in [0.1, 0.15) is 11.0 Å². The van der Waals surface area contributed by atoms with Gasteiger partial charge in [0.15, 0.2) is 11.5 Å². The lowest BCUT2D eigenvalue weighted by Crippen LogP contribution is -2.49. The Hall–Kier alpha value is -3.72. The third-order valence-corrected chi connectivity index (χ3v) is 6.79. The highest BCUT2D eigenvalue weighted by molar-refractivity contribution is 6.33. The molecule has 4 aromatic rings. The van der Waals surface area contributed by atoms with Gasteiger partial charge in [0.25, 0.3) is 5.56 Å². The molecule has 0 aliphatic carbocycles. The van der Waals surface area contributed by atoms with E-state index in [4.69, 9.17) is 21.1 Å². The molecule has 1 aliphatic heterocycles. The molecule has 3 heterocycles. The lowest BCUT2D eigenvalue weighted by Gasteiger charge is -2.36. The molecular formula is C25H26ClN5O4. The topological polar surface area (TPSA) is 92.7 Å². The van der Waals surface area contributed by atoms with Crippen molar-refractivity contribution < 1.29 is 14.3 Å². The number of aromatic amines is 1. The molecular weight excluding hydrogens is 470 g/mol. The monoisotopic (exact) mass is 495 g/mol. The first-order valence-corrected chi connectivity index (χ1v) is 11.8. The van der Waals surface area contributed by atoms with Crippen LogP contribution in [0.15, 0.2) is 47.5 Å². The molecule has 9 nitrogen and oxygen atoms in total. The van der Waals surface area contributed by atoms with Crippen molar-refractivity contribution in [1.29, 1.82) is 0 Å². The van der Waals surface area contributed by atoms with E-state index in [2.05, 4.69) is 14.9 Å². The summed E-state index contributed by atoms with van der Waals surface area (Å²) >= 11 is 6.31. The van der Waals surface area contributed by atoms with Gasteiger partial charge in [0, 0.05) is 50.6 Å². The van der Waals surface area contributed by atoms with Crippen LogP contribution < -0.4 is 19.9 Å². The van der Waals surface area contributed by atoms with E-state index in [1.165, 1.54) is 10.9 Å². The number of ether oxygens (including phenoxy) is 2. The standard InChI is InChI=1S/C25H26ClN5O4/c1-34-20-13-16-18(14-21(20)35-2)28-24-23(16)27-15-31(25(24)33)8-7-22(32)30-11-9-29(10-12-30)19-6-4-3-5-17(19)26/h3-6,13-15,28H,7-12H2,1-2H3. The second kappa shape index (κ2) is 9.50. The lowest BCUT2D eigenvalue weighted by molar-refractivity contribution is -0.131. The Labute approximate surface area is 206 Å². The number of H-pyrrole nitrogens is 1. The molecule has 5 rings (SSSR count). The number of halogens is 1. The Morgan fingerprint density at radius 2 is 1.80 bits per heavy atom. The Kier molecular flexibility index (Phi) is 6.25. The summed E-state index contributed by atoms with van der Waals surface area (Å²) in [5.74, 6) is 1.14. The number of amides is 1. The number of hydrogen-bond acceptors (Lipinski definition) is 6. The van der Waals surface area contributed by atoms with Gasteiger partial charge in [-0.15, -0.1) is 0 Å². The van der Waals surface area contributed by atoms with Gasteiger partial charge < -0.3 is 24.3 Å². The molecule has 0 spiro atoms. The quantitative estimate of drug-likeness (QED) is 0.441. The van der Waals surface area contributed by atoms with Crippen LogP contribution in [0.5, 0.6) is 11.5 Å². The highest BCUT2D eigenvalue weighted by Crippen LogP contribution is 2.34. The summed E-state index contributed by atoms with van der Waals surface area (Å²) in [6, 6.07) is 11.3. The number of nitrogens with one attached hydrogen (secondary N) is 1. The summed E-state index contributed by atoms with van der Waals surface area (Å²) in [4.78, 5) is 37.6. The zero-order valence-electron chi connectivity index (χ0n) is 19.6.